The van der Waals surface area contributed by atoms with Crippen molar-refractivity contribution in [3.63, 3.8) is 0 Å². The van der Waals surface area contributed by atoms with Crippen LogP contribution in [0.4, 0.5) is 0 Å². The lowest BCUT2D eigenvalue weighted by atomic mass is 10.2. The van der Waals surface area contributed by atoms with Crippen LogP contribution in [-0.2, 0) is 6.54 Å². The predicted molar refractivity (Wildman–Crippen MR) is 85.3 cm³/mol. The van der Waals surface area contributed by atoms with Crippen LogP contribution < -0.4 is 5.32 Å². The average molecular weight is 292 g/mol. The molecule has 0 spiro atoms. The van der Waals surface area contributed by atoms with Gasteiger partial charge in [0.15, 0.2) is 0 Å². The molecule has 2 aromatic rings. The van der Waals surface area contributed by atoms with E-state index in [-0.39, 0.29) is 0 Å². The second-order valence-electron chi connectivity index (χ2n) is 5.54. The van der Waals surface area contributed by atoms with E-state index in [9.17, 15) is 0 Å². The van der Waals surface area contributed by atoms with Crippen molar-refractivity contribution < 1.29 is 0 Å². The lowest BCUT2D eigenvalue weighted by molar-refractivity contribution is 0.277. The Morgan fingerprint density at radius 3 is 3.00 bits per heavy atom. The number of H-pyrrole nitrogens is 1. The van der Waals surface area contributed by atoms with Gasteiger partial charge >= 0.3 is 0 Å². The molecule has 1 aliphatic carbocycles. The maximum absolute atomic E-state index is 6.00. The predicted octanol–water partition coefficient (Wildman–Crippen LogP) is 3.40. The summed E-state index contributed by atoms with van der Waals surface area (Å²) < 4.78 is 0. The summed E-state index contributed by atoms with van der Waals surface area (Å²) in [5, 5.41) is 5.59. The van der Waals surface area contributed by atoms with Crippen LogP contribution in [0.5, 0.6) is 0 Å². The largest absolute Gasteiger partial charge is 0.361 e. The SMILES string of the molecule is CCN(CCNCc1c[nH]c2cc(Cl)ccc12)C1CC1. The van der Waals surface area contributed by atoms with Gasteiger partial charge < -0.3 is 10.3 Å². The number of halogens is 1. The van der Waals surface area contributed by atoms with Crippen molar-refractivity contribution in [1.82, 2.24) is 15.2 Å². The molecule has 0 bridgehead atoms. The molecule has 20 heavy (non-hydrogen) atoms. The van der Waals surface area contributed by atoms with Crippen molar-refractivity contribution >= 4 is 22.5 Å². The Bertz CT molecular complexity index is 574. The van der Waals surface area contributed by atoms with Gasteiger partial charge in [-0.1, -0.05) is 24.6 Å². The maximum atomic E-state index is 6.00. The highest BCUT2D eigenvalue weighted by atomic mass is 35.5. The minimum absolute atomic E-state index is 0.780. The van der Waals surface area contributed by atoms with Crippen LogP contribution >= 0.6 is 11.6 Å². The van der Waals surface area contributed by atoms with E-state index < -0.39 is 0 Å². The molecule has 1 aliphatic rings. The third-order valence-corrected chi connectivity index (χ3v) is 4.33. The van der Waals surface area contributed by atoms with Gasteiger partial charge in [0.05, 0.1) is 0 Å². The second kappa shape index (κ2) is 6.17. The van der Waals surface area contributed by atoms with Gasteiger partial charge in [0.25, 0.3) is 0 Å². The fourth-order valence-corrected chi connectivity index (χ4v) is 2.96. The van der Waals surface area contributed by atoms with E-state index in [0.717, 1.165) is 42.8 Å². The van der Waals surface area contributed by atoms with E-state index in [2.05, 4.69) is 34.4 Å². The fraction of sp³-hybridized carbons (Fsp3) is 0.500. The van der Waals surface area contributed by atoms with Crippen molar-refractivity contribution in [2.75, 3.05) is 19.6 Å². The summed E-state index contributed by atoms with van der Waals surface area (Å²) >= 11 is 6.00. The van der Waals surface area contributed by atoms with Crippen molar-refractivity contribution in [3.8, 4) is 0 Å². The first-order valence-corrected chi connectivity index (χ1v) is 7.86. The monoisotopic (exact) mass is 291 g/mol. The number of aromatic amines is 1. The number of nitrogens with zero attached hydrogens (tertiary/aromatic N) is 1. The van der Waals surface area contributed by atoms with Gasteiger partial charge in [-0.25, -0.2) is 0 Å². The first-order valence-electron chi connectivity index (χ1n) is 7.48. The van der Waals surface area contributed by atoms with E-state index in [1.165, 1.54) is 23.8 Å². The van der Waals surface area contributed by atoms with Crippen LogP contribution in [0.2, 0.25) is 5.02 Å². The smallest absolute Gasteiger partial charge is 0.0472 e. The third-order valence-electron chi connectivity index (χ3n) is 4.09. The molecule has 1 fully saturated rings. The molecular formula is C16H22ClN3. The maximum Gasteiger partial charge on any atom is 0.0472 e. The molecule has 1 aromatic carbocycles. The van der Waals surface area contributed by atoms with Crippen molar-refractivity contribution in [3.05, 3.63) is 35.0 Å². The van der Waals surface area contributed by atoms with E-state index >= 15 is 0 Å². The normalized spacial score (nSPS) is 15.3. The van der Waals surface area contributed by atoms with Crippen molar-refractivity contribution in [1.29, 1.82) is 0 Å². The van der Waals surface area contributed by atoms with Crippen LogP contribution in [0.1, 0.15) is 25.3 Å². The molecular weight excluding hydrogens is 270 g/mol. The van der Waals surface area contributed by atoms with Crippen LogP contribution in [0, 0.1) is 0 Å². The molecule has 1 aromatic heterocycles. The number of hydrogen-bond donors (Lipinski definition) is 2. The van der Waals surface area contributed by atoms with Crippen LogP contribution in [0.3, 0.4) is 0 Å². The Hall–Kier alpha value is -1.03. The molecule has 0 amide bonds. The molecule has 0 radical (unpaired) electrons. The zero-order valence-corrected chi connectivity index (χ0v) is 12.7. The average Bonchev–Trinajstić information content (AvgIpc) is 3.21. The molecule has 3 nitrogen and oxygen atoms in total. The number of likely N-dealkylation sites (N-methyl/N-ethyl adjacent to an activating group) is 1. The van der Waals surface area contributed by atoms with Gasteiger partial charge in [-0.2, -0.15) is 0 Å². The summed E-state index contributed by atoms with van der Waals surface area (Å²) in [7, 11) is 0. The number of fused-ring (bicyclic) bond motifs is 1. The molecule has 3 rings (SSSR count). The van der Waals surface area contributed by atoms with Gasteiger partial charge in [0.2, 0.25) is 0 Å². The molecule has 1 heterocycles. The summed E-state index contributed by atoms with van der Waals surface area (Å²) in [6.07, 6.45) is 4.85. The highest BCUT2D eigenvalue weighted by Crippen LogP contribution is 2.26. The summed E-state index contributed by atoms with van der Waals surface area (Å²) in [4.78, 5) is 5.85. The molecule has 0 atom stereocenters. The lowest BCUT2D eigenvalue weighted by Gasteiger charge is -2.19. The third kappa shape index (κ3) is 3.17. The Labute approximate surface area is 125 Å². The molecule has 0 saturated heterocycles. The van der Waals surface area contributed by atoms with Gasteiger partial charge in [0, 0.05) is 47.8 Å². The van der Waals surface area contributed by atoms with Crippen molar-refractivity contribution in [2.45, 2.75) is 32.4 Å². The topological polar surface area (TPSA) is 31.1 Å². The molecule has 108 valence electrons. The van der Waals surface area contributed by atoms with Crippen LogP contribution in [-0.4, -0.2) is 35.6 Å². The highest BCUT2D eigenvalue weighted by Gasteiger charge is 2.26. The van der Waals surface area contributed by atoms with Crippen LogP contribution in [0.25, 0.3) is 10.9 Å². The molecule has 4 heteroatoms. The number of rotatable bonds is 7. The van der Waals surface area contributed by atoms with Crippen LogP contribution in [0.15, 0.2) is 24.4 Å². The number of nitrogens with one attached hydrogen (secondary N) is 2. The zero-order chi connectivity index (χ0) is 13.9. The van der Waals surface area contributed by atoms with Gasteiger partial charge in [-0.15, -0.1) is 0 Å². The highest BCUT2D eigenvalue weighted by molar-refractivity contribution is 6.31. The number of hydrogen-bond acceptors (Lipinski definition) is 2. The van der Waals surface area contributed by atoms with E-state index in [1.54, 1.807) is 0 Å². The fourth-order valence-electron chi connectivity index (χ4n) is 2.79. The molecule has 0 unspecified atom stereocenters. The van der Waals surface area contributed by atoms with Gasteiger partial charge in [-0.3, -0.25) is 4.90 Å². The molecule has 1 saturated carbocycles. The molecule has 0 aliphatic heterocycles. The quantitative estimate of drug-likeness (QED) is 0.766. The molecule has 2 N–H and O–H groups in total. The zero-order valence-electron chi connectivity index (χ0n) is 12.0. The summed E-state index contributed by atoms with van der Waals surface area (Å²) in [5.74, 6) is 0. The van der Waals surface area contributed by atoms with E-state index in [4.69, 9.17) is 11.6 Å². The Morgan fingerprint density at radius 1 is 1.40 bits per heavy atom. The summed E-state index contributed by atoms with van der Waals surface area (Å²) in [5.41, 5.74) is 2.42. The Balaban J connectivity index is 1.52. The van der Waals surface area contributed by atoms with E-state index in [0.29, 0.717) is 0 Å². The second-order valence-corrected chi connectivity index (χ2v) is 5.98. The minimum Gasteiger partial charge on any atom is -0.361 e. The summed E-state index contributed by atoms with van der Waals surface area (Å²) in [6.45, 7) is 6.52. The standard InChI is InChI=1S/C16H22ClN3/c1-2-20(14-4-5-14)8-7-18-10-12-11-19-16-9-13(17)3-6-15(12)16/h3,6,9,11,14,18-19H,2,4-5,7-8,10H2,1H3. The first-order chi connectivity index (χ1) is 9.78. The lowest BCUT2D eigenvalue weighted by Crippen LogP contribution is -2.33. The minimum atomic E-state index is 0.780. The number of benzene rings is 1. The summed E-state index contributed by atoms with van der Waals surface area (Å²) in [6, 6.07) is 6.88. The van der Waals surface area contributed by atoms with Gasteiger partial charge in [0.1, 0.15) is 0 Å². The number of aromatic nitrogens is 1. The first kappa shape index (κ1) is 13.9. The van der Waals surface area contributed by atoms with E-state index in [1.807, 2.05) is 12.1 Å². The Morgan fingerprint density at radius 2 is 2.25 bits per heavy atom. The van der Waals surface area contributed by atoms with Crippen molar-refractivity contribution in [2.24, 2.45) is 0 Å². The van der Waals surface area contributed by atoms with Gasteiger partial charge in [-0.05, 0) is 37.1 Å². The Kier molecular flexibility index (Phi) is 4.29.